The zero-order chi connectivity index (χ0) is 23.7. The lowest BCUT2D eigenvalue weighted by Crippen LogP contribution is -2.46. The first-order valence-electron chi connectivity index (χ1n) is 11.2. The minimum Gasteiger partial charge on any atom is -0.491 e. The lowest BCUT2D eigenvalue weighted by molar-refractivity contribution is -0.142. The van der Waals surface area contributed by atoms with Crippen molar-refractivity contribution < 1.29 is 33.3 Å². The molecule has 0 saturated heterocycles. The number of carbonyl (C=O) groups is 3. The van der Waals surface area contributed by atoms with Gasteiger partial charge in [-0.2, -0.15) is 0 Å². The summed E-state index contributed by atoms with van der Waals surface area (Å²) in [4.78, 5) is 39.0. The molecule has 10 heteroatoms. The van der Waals surface area contributed by atoms with Crippen molar-refractivity contribution in [1.29, 1.82) is 0 Å². The van der Waals surface area contributed by atoms with Crippen molar-refractivity contribution in [1.82, 2.24) is 10.6 Å². The van der Waals surface area contributed by atoms with E-state index in [-0.39, 0.29) is 51.3 Å². The molecule has 3 aliphatic heterocycles. The third-order valence-corrected chi connectivity index (χ3v) is 6.18. The second-order valence-electron chi connectivity index (χ2n) is 8.11. The molecule has 3 heterocycles. The number of nitrogens with one attached hydrogen (secondary N) is 2. The smallest absolute Gasteiger partial charge is 0.314 e. The van der Waals surface area contributed by atoms with E-state index in [1.165, 1.54) is 0 Å². The second-order valence-corrected chi connectivity index (χ2v) is 8.11. The van der Waals surface area contributed by atoms with Crippen molar-refractivity contribution >= 4 is 23.6 Å². The van der Waals surface area contributed by atoms with Crippen LogP contribution >= 0.6 is 0 Å². The van der Waals surface area contributed by atoms with E-state index in [0.29, 0.717) is 23.9 Å². The quantitative estimate of drug-likeness (QED) is 0.596. The SMILES string of the molecule is CCOC(=O)CCNC(=O)NCCN1C(=O)C2(COc3cc4c(cc32)OCO4)c2ccccc21. The number of fused-ring (bicyclic) bond motifs is 5. The highest BCUT2D eigenvalue weighted by atomic mass is 16.7. The summed E-state index contributed by atoms with van der Waals surface area (Å²) in [6.45, 7) is 3.03. The maximum absolute atomic E-state index is 13.8. The number of carbonyl (C=O) groups excluding carboxylic acids is 3. The number of benzene rings is 2. The van der Waals surface area contributed by atoms with E-state index in [1.54, 1.807) is 17.9 Å². The van der Waals surface area contributed by atoms with Gasteiger partial charge in [0.2, 0.25) is 12.7 Å². The molecule has 1 spiro atoms. The summed E-state index contributed by atoms with van der Waals surface area (Å²) < 4.78 is 21.8. The summed E-state index contributed by atoms with van der Waals surface area (Å²) in [5.41, 5.74) is 1.42. The van der Waals surface area contributed by atoms with Crippen LogP contribution in [0.15, 0.2) is 36.4 Å². The Morgan fingerprint density at radius 2 is 1.79 bits per heavy atom. The summed E-state index contributed by atoms with van der Waals surface area (Å²) >= 11 is 0. The molecule has 5 rings (SSSR count). The number of para-hydroxylation sites is 1. The molecule has 0 aliphatic carbocycles. The van der Waals surface area contributed by atoms with Gasteiger partial charge >= 0.3 is 12.0 Å². The number of hydrogen-bond donors (Lipinski definition) is 2. The van der Waals surface area contributed by atoms with Crippen molar-refractivity contribution in [2.24, 2.45) is 0 Å². The maximum Gasteiger partial charge on any atom is 0.314 e. The average Bonchev–Trinajstić information content (AvgIpc) is 3.50. The summed E-state index contributed by atoms with van der Waals surface area (Å²) in [6.07, 6.45) is 0.0969. The fourth-order valence-corrected chi connectivity index (χ4v) is 4.64. The van der Waals surface area contributed by atoms with Gasteiger partial charge in [-0.1, -0.05) is 18.2 Å². The summed E-state index contributed by atoms with van der Waals surface area (Å²) in [5, 5.41) is 5.35. The van der Waals surface area contributed by atoms with Crippen LogP contribution < -0.4 is 29.7 Å². The number of anilines is 1. The highest BCUT2D eigenvalue weighted by Crippen LogP contribution is 2.54. The Labute approximate surface area is 196 Å². The van der Waals surface area contributed by atoms with E-state index in [2.05, 4.69) is 10.6 Å². The van der Waals surface area contributed by atoms with Gasteiger partial charge in [0.15, 0.2) is 11.5 Å². The lowest BCUT2D eigenvalue weighted by Gasteiger charge is -2.23. The number of hydrogen-bond acceptors (Lipinski definition) is 7. The summed E-state index contributed by atoms with van der Waals surface area (Å²) in [6, 6.07) is 10.8. The van der Waals surface area contributed by atoms with Crippen LogP contribution in [0.3, 0.4) is 0 Å². The lowest BCUT2D eigenvalue weighted by atomic mass is 9.77. The zero-order valence-corrected chi connectivity index (χ0v) is 18.7. The van der Waals surface area contributed by atoms with Crippen LogP contribution in [0.2, 0.25) is 0 Å². The Morgan fingerprint density at radius 3 is 2.62 bits per heavy atom. The van der Waals surface area contributed by atoms with Crippen molar-refractivity contribution in [3.8, 4) is 17.2 Å². The van der Waals surface area contributed by atoms with Crippen molar-refractivity contribution in [3.05, 3.63) is 47.5 Å². The molecule has 3 aliphatic rings. The minimum absolute atomic E-state index is 0.0969. The predicted molar refractivity (Wildman–Crippen MR) is 120 cm³/mol. The first kappa shape index (κ1) is 21.9. The van der Waals surface area contributed by atoms with Gasteiger partial charge in [0.05, 0.1) is 13.0 Å². The van der Waals surface area contributed by atoms with Gasteiger partial charge in [0.1, 0.15) is 17.8 Å². The first-order chi connectivity index (χ1) is 16.5. The van der Waals surface area contributed by atoms with Gasteiger partial charge in [-0.05, 0) is 24.6 Å². The molecule has 1 atom stereocenters. The Hall–Kier alpha value is -3.95. The van der Waals surface area contributed by atoms with E-state index in [1.807, 2.05) is 30.3 Å². The van der Waals surface area contributed by atoms with E-state index in [0.717, 1.165) is 16.8 Å². The van der Waals surface area contributed by atoms with Gasteiger partial charge in [-0.25, -0.2) is 4.79 Å². The van der Waals surface area contributed by atoms with E-state index >= 15 is 0 Å². The van der Waals surface area contributed by atoms with Crippen LogP contribution in [0.25, 0.3) is 0 Å². The molecule has 34 heavy (non-hydrogen) atoms. The van der Waals surface area contributed by atoms with Crippen molar-refractivity contribution in [2.45, 2.75) is 18.8 Å². The number of nitrogens with zero attached hydrogens (tertiary/aromatic N) is 1. The third kappa shape index (κ3) is 3.55. The number of esters is 1. The third-order valence-electron chi connectivity index (χ3n) is 6.18. The molecule has 3 amide bonds. The topological polar surface area (TPSA) is 115 Å². The number of amides is 3. The monoisotopic (exact) mass is 467 g/mol. The van der Waals surface area contributed by atoms with Gasteiger partial charge in [-0.15, -0.1) is 0 Å². The Bertz CT molecular complexity index is 1150. The molecule has 2 aromatic carbocycles. The molecule has 2 aromatic rings. The molecule has 1 unspecified atom stereocenters. The molecular weight excluding hydrogens is 442 g/mol. The van der Waals surface area contributed by atoms with Gasteiger partial charge < -0.3 is 34.5 Å². The van der Waals surface area contributed by atoms with E-state index < -0.39 is 11.4 Å². The fraction of sp³-hybridized carbons (Fsp3) is 0.375. The zero-order valence-electron chi connectivity index (χ0n) is 18.7. The fourth-order valence-electron chi connectivity index (χ4n) is 4.64. The number of rotatable bonds is 7. The molecule has 0 bridgehead atoms. The largest absolute Gasteiger partial charge is 0.491 e. The standard InChI is InChI=1S/C24H25N3O7/c1-2-31-21(28)7-8-25-23(30)26-9-10-27-17-6-4-3-5-15(17)24(22(27)29)13-32-18-12-20-19(11-16(18)24)33-14-34-20/h3-6,11-12H,2,7-10,13-14H2,1H3,(H2,25,26,30). The average molecular weight is 467 g/mol. The van der Waals surface area contributed by atoms with Gasteiger partial charge in [0, 0.05) is 37.0 Å². The molecule has 10 nitrogen and oxygen atoms in total. The Morgan fingerprint density at radius 1 is 1.03 bits per heavy atom. The minimum atomic E-state index is -0.977. The molecule has 178 valence electrons. The van der Waals surface area contributed by atoms with E-state index in [9.17, 15) is 14.4 Å². The van der Waals surface area contributed by atoms with Crippen molar-refractivity contribution in [2.75, 3.05) is 44.5 Å². The van der Waals surface area contributed by atoms with Crippen LogP contribution in [-0.2, 0) is 19.7 Å². The highest BCUT2D eigenvalue weighted by molar-refractivity contribution is 6.11. The van der Waals surface area contributed by atoms with Crippen LogP contribution in [0.1, 0.15) is 24.5 Å². The van der Waals surface area contributed by atoms with Gasteiger partial charge in [-0.3, -0.25) is 9.59 Å². The van der Waals surface area contributed by atoms with Crippen LogP contribution in [0, 0.1) is 0 Å². The Balaban J connectivity index is 1.29. The van der Waals surface area contributed by atoms with Crippen LogP contribution in [0.4, 0.5) is 10.5 Å². The normalized spacial score (nSPS) is 19.0. The van der Waals surface area contributed by atoms with Gasteiger partial charge in [0.25, 0.3) is 0 Å². The molecule has 0 radical (unpaired) electrons. The molecule has 2 N–H and O–H groups in total. The second kappa shape index (κ2) is 8.77. The predicted octanol–water partition coefficient (Wildman–Crippen LogP) is 1.69. The summed E-state index contributed by atoms with van der Waals surface area (Å²) in [5.74, 6) is 1.32. The van der Waals surface area contributed by atoms with Crippen LogP contribution in [-0.4, -0.2) is 57.5 Å². The summed E-state index contributed by atoms with van der Waals surface area (Å²) in [7, 11) is 0. The maximum atomic E-state index is 13.8. The molecule has 0 fully saturated rings. The number of urea groups is 1. The molecule has 0 aromatic heterocycles. The van der Waals surface area contributed by atoms with E-state index in [4.69, 9.17) is 18.9 Å². The first-order valence-corrected chi connectivity index (χ1v) is 11.2. The number of ether oxygens (including phenoxy) is 4. The van der Waals surface area contributed by atoms with Crippen LogP contribution in [0.5, 0.6) is 17.2 Å². The Kier molecular flexibility index (Phi) is 5.64. The highest BCUT2D eigenvalue weighted by Gasteiger charge is 2.57. The molecular formula is C24H25N3O7. The van der Waals surface area contributed by atoms with Crippen molar-refractivity contribution in [3.63, 3.8) is 0 Å². The molecule has 0 saturated carbocycles.